The SMILES string of the molecule is CCN(CC)S(=O)(=O)c1ccc2c(c1)nc(CCC(=O)NCCOC1CCCCC1C)n2CC. The number of hydrogen-bond acceptors (Lipinski definition) is 5. The van der Waals surface area contributed by atoms with Gasteiger partial charge in [0.05, 0.1) is 28.6 Å². The van der Waals surface area contributed by atoms with Crippen molar-refractivity contribution >= 4 is 27.0 Å². The van der Waals surface area contributed by atoms with E-state index in [0.717, 1.165) is 17.8 Å². The Kier molecular flexibility index (Phi) is 9.50. The fourth-order valence-electron chi connectivity index (χ4n) is 4.82. The number of sulfonamides is 1. The normalized spacial score (nSPS) is 19.1. The van der Waals surface area contributed by atoms with E-state index in [0.29, 0.717) is 63.2 Å². The standard InChI is InChI=1S/C25H40N4O4S/c1-5-28(6-2)34(31,32)20-12-13-22-21(18-20)27-24(29(22)7-3)14-15-25(30)26-16-17-33-23-11-9-8-10-19(23)4/h12-13,18-19,23H,5-11,14-17H2,1-4H3,(H,26,30). The number of carbonyl (C=O) groups is 1. The number of aryl methyl sites for hydroxylation is 2. The molecule has 1 aliphatic rings. The van der Waals surface area contributed by atoms with Crippen molar-refractivity contribution in [2.75, 3.05) is 26.2 Å². The van der Waals surface area contributed by atoms with E-state index < -0.39 is 10.0 Å². The second-order valence-corrected chi connectivity index (χ2v) is 11.0. The Hall–Kier alpha value is -1.97. The van der Waals surface area contributed by atoms with Crippen molar-refractivity contribution in [2.45, 2.75) is 83.8 Å². The maximum Gasteiger partial charge on any atom is 0.243 e. The van der Waals surface area contributed by atoms with Crippen molar-refractivity contribution in [3.05, 3.63) is 24.0 Å². The molecule has 2 aromatic rings. The van der Waals surface area contributed by atoms with Crippen LogP contribution in [0.15, 0.2) is 23.1 Å². The molecule has 34 heavy (non-hydrogen) atoms. The summed E-state index contributed by atoms with van der Waals surface area (Å²) in [7, 11) is -3.55. The summed E-state index contributed by atoms with van der Waals surface area (Å²) >= 11 is 0. The van der Waals surface area contributed by atoms with Crippen LogP contribution < -0.4 is 5.32 Å². The molecule has 1 saturated carbocycles. The molecule has 0 bridgehead atoms. The van der Waals surface area contributed by atoms with Crippen LogP contribution in [0, 0.1) is 5.92 Å². The first-order valence-electron chi connectivity index (χ1n) is 12.7. The average Bonchev–Trinajstić information content (AvgIpc) is 3.19. The Labute approximate surface area is 204 Å². The molecule has 0 radical (unpaired) electrons. The highest BCUT2D eigenvalue weighted by molar-refractivity contribution is 7.89. The van der Waals surface area contributed by atoms with Gasteiger partial charge in [-0.1, -0.05) is 33.6 Å². The van der Waals surface area contributed by atoms with Crippen molar-refractivity contribution in [1.82, 2.24) is 19.2 Å². The van der Waals surface area contributed by atoms with Gasteiger partial charge < -0.3 is 14.6 Å². The summed E-state index contributed by atoms with van der Waals surface area (Å²) < 4.78 is 35.2. The lowest BCUT2D eigenvalue weighted by atomic mass is 9.88. The minimum absolute atomic E-state index is 0.0280. The molecule has 2 unspecified atom stereocenters. The van der Waals surface area contributed by atoms with Crippen LogP contribution in [0.4, 0.5) is 0 Å². The predicted octanol–water partition coefficient (Wildman–Crippen LogP) is 3.73. The van der Waals surface area contributed by atoms with Crippen molar-refractivity contribution in [2.24, 2.45) is 5.92 Å². The van der Waals surface area contributed by atoms with E-state index in [4.69, 9.17) is 4.74 Å². The number of imidazole rings is 1. The molecule has 1 aromatic heterocycles. The zero-order valence-corrected chi connectivity index (χ0v) is 21.9. The summed E-state index contributed by atoms with van der Waals surface area (Å²) in [6.45, 7) is 10.5. The molecular weight excluding hydrogens is 452 g/mol. The number of amides is 1. The number of nitrogens with one attached hydrogen (secondary N) is 1. The van der Waals surface area contributed by atoms with Gasteiger partial charge in [0, 0.05) is 39.0 Å². The minimum atomic E-state index is -3.55. The lowest BCUT2D eigenvalue weighted by Crippen LogP contribution is -2.32. The van der Waals surface area contributed by atoms with Crippen LogP contribution in [-0.2, 0) is 32.5 Å². The van der Waals surface area contributed by atoms with Gasteiger partial charge in [0.15, 0.2) is 0 Å². The summed E-state index contributed by atoms with van der Waals surface area (Å²) in [5.41, 5.74) is 1.52. The lowest BCUT2D eigenvalue weighted by molar-refractivity contribution is -0.121. The number of fused-ring (bicyclic) bond motifs is 1. The third-order valence-electron chi connectivity index (χ3n) is 6.82. The largest absolute Gasteiger partial charge is 0.376 e. The Bertz CT molecular complexity index is 1060. The molecule has 1 fully saturated rings. The van der Waals surface area contributed by atoms with Crippen molar-refractivity contribution in [3.8, 4) is 0 Å². The minimum Gasteiger partial charge on any atom is -0.376 e. The molecule has 0 spiro atoms. The maximum absolute atomic E-state index is 12.9. The van der Waals surface area contributed by atoms with Gasteiger partial charge in [0.25, 0.3) is 0 Å². The van der Waals surface area contributed by atoms with Gasteiger partial charge in [-0.15, -0.1) is 0 Å². The molecule has 1 N–H and O–H groups in total. The molecular formula is C25H40N4O4S. The molecule has 1 heterocycles. The van der Waals surface area contributed by atoms with Gasteiger partial charge >= 0.3 is 0 Å². The number of ether oxygens (including phenoxy) is 1. The molecule has 190 valence electrons. The number of aromatic nitrogens is 2. The second-order valence-electron chi connectivity index (χ2n) is 9.03. The average molecular weight is 493 g/mol. The van der Waals surface area contributed by atoms with E-state index in [1.807, 2.05) is 31.4 Å². The summed E-state index contributed by atoms with van der Waals surface area (Å²) in [5.74, 6) is 1.35. The first kappa shape index (κ1) is 26.6. The molecule has 0 aliphatic heterocycles. The van der Waals surface area contributed by atoms with Gasteiger partial charge in [0.2, 0.25) is 15.9 Å². The highest BCUT2D eigenvalue weighted by Gasteiger charge is 2.23. The quantitative estimate of drug-likeness (QED) is 0.456. The molecule has 1 amide bonds. The first-order chi connectivity index (χ1) is 16.3. The zero-order chi connectivity index (χ0) is 24.7. The third-order valence-corrected chi connectivity index (χ3v) is 8.87. The molecule has 1 aliphatic carbocycles. The van der Waals surface area contributed by atoms with E-state index >= 15 is 0 Å². The lowest BCUT2D eigenvalue weighted by Gasteiger charge is -2.28. The van der Waals surface area contributed by atoms with Crippen LogP contribution in [-0.4, -0.2) is 60.5 Å². The fourth-order valence-corrected chi connectivity index (χ4v) is 6.30. The van der Waals surface area contributed by atoms with Crippen molar-refractivity contribution in [1.29, 1.82) is 0 Å². The summed E-state index contributed by atoms with van der Waals surface area (Å²) in [4.78, 5) is 17.3. The fraction of sp³-hybridized carbons (Fsp3) is 0.680. The molecule has 3 rings (SSSR count). The van der Waals surface area contributed by atoms with Gasteiger partial charge in [-0.25, -0.2) is 13.4 Å². The van der Waals surface area contributed by atoms with Crippen LogP contribution in [0.1, 0.15) is 65.6 Å². The number of hydrogen-bond donors (Lipinski definition) is 1. The van der Waals surface area contributed by atoms with Gasteiger partial charge in [-0.2, -0.15) is 4.31 Å². The van der Waals surface area contributed by atoms with E-state index in [-0.39, 0.29) is 10.8 Å². The number of benzene rings is 1. The maximum atomic E-state index is 12.9. The van der Waals surface area contributed by atoms with Crippen LogP contribution in [0.25, 0.3) is 11.0 Å². The summed E-state index contributed by atoms with van der Waals surface area (Å²) in [6, 6.07) is 5.10. The number of carbonyl (C=O) groups excluding carboxylic acids is 1. The van der Waals surface area contributed by atoms with Gasteiger partial charge in [0.1, 0.15) is 5.82 Å². The van der Waals surface area contributed by atoms with Crippen LogP contribution in [0.2, 0.25) is 0 Å². The Morgan fingerprint density at radius 1 is 1.21 bits per heavy atom. The molecule has 1 aromatic carbocycles. The van der Waals surface area contributed by atoms with Crippen molar-refractivity contribution < 1.29 is 17.9 Å². The zero-order valence-electron chi connectivity index (χ0n) is 21.0. The third kappa shape index (κ3) is 6.17. The van der Waals surface area contributed by atoms with Crippen molar-refractivity contribution in [3.63, 3.8) is 0 Å². The second kappa shape index (κ2) is 12.1. The molecule has 0 saturated heterocycles. The highest BCUT2D eigenvalue weighted by atomic mass is 32.2. The first-order valence-corrected chi connectivity index (χ1v) is 14.1. The number of rotatable bonds is 12. The Morgan fingerprint density at radius 3 is 2.62 bits per heavy atom. The summed E-state index contributed by atoms with van der Waals surface area (Å²) in [6.07, 6.45) is 5.97. The van der Waals surface area contributed by atoms with Gasteiger partial charge in [-0.3, -0.25) is 4.79 Å². The van der Waals surface area contributed by atoms with Crippen LogP contribution >= 0.6 is 0 Å². The van der Waals surface area contributed by atoms with Gasteiger partial charge in [-0.05, 0) is 43.9 Å². The Balaban J connectivity index is 1.59. The molecule has 9 heteroatoms. The monoisotopic (exact) mass is 492 g/mol. The Morgan fingerprint density at radius 2 is 1.94 bits per heavy atom. The van der Waals surface area contributed by atoms with E-state index in [1.54, 1.807) is 12.1 Å². The topological polar surface area (TPSA) is 93.5 Å². The predicted molar refractivity (Wildman–Crippen MR) is 134 cm³/mol. The smallest absolute Gasteiger partial charge is 0.243 e. The number of nitrogens with zero attached hydrogens (tertiary/aromatic N) is 3. The van der Waals surface area contributed by atoms with Crippen LogP contribution in [0.5, 0.6) is 0 Å². The summed E-state index contributed by atoms with van der Waals surface area (Å²) in [5, 5.41) is 2.95. The highest BCUT2D eigenvalue weighted by Crippen LogP contribution is 2.26. The van der Waals surface area contributed by atoms with E-state index in [9.17, 15) is 13.2 Å². The molecule has 2 atom stereocenters. The van der Waals surface area contributed by atoms with Crippen LogP contribution in [0.3, 0.4) is 0 Å². The van der Waals surface area contributed by atoms with E-state index in [1.165, 1.54) is 23.6 Å². The molecule has 8 nitrogen and oxygen atoms in total. The van der Waals surface area contributed by atoms with E-state index in [2.05, 4.69) is 17.2 Å².